The number of imidazole rings is 1. The molecule has 1 aromatic carbocycles. The van der Waals surface area contributed by atoms with Gasteiger partial charge in [-0.15, -0.1) is 0 Å². The smallest absolute Gasteiger partial charge is 0.240 e. The Morgan fingerprint density at radius 2 is 1.93 bits per heavy atom. The molecular weight excluding hydrogens is 366 g/mol. The SMILES string of the molecule is CCOCCOc1ccc(S(=O)(=O)NCCc2cn3ccccc3n2)cc1. The molecule has 0 aliphatic rings. The highest BCUT2D eigenvalue weighted by molar-refractivity contribution is 7.89. The van der Waals surface area contributed by atoms with Crippen molar-refractivity contribution in [3.8, 4) is 5.75 Å². The van der Waals surface area contributed by atoms with E-state index in [0.29, 0.717) is 32.0 Å². The summed E-state index contributed by atoms with van der Waals surface area (Å²) in [6.07, 6.45) is 4.32. The third-order valence-electron chi connectivity index (χ3n) is 3.92. The molecule has 0 saturated heterocycles. The standard InChI is InChI=1S/C19H23N3O4S/c1-2-25-13-14-26-17-6-8-18(9-7-17)27(23,24)20-11-10-16-15-22-12-4-3-5-19(22)21-16/h3-9,12,15,20H,2,10-11,13-14H2,1H3. The molecule has 7 nitrogen and oxygen atoms in total. The Hall–Kier alpha value is -2.42. The van der Waals surface area contributed by atoms with E-state index in [1.807, 2.05) is 41.9 Å². The lowest BCUT2D eigenvalue weighted by Gasteiger charge is -2.08. The highest BCUT2D eigenvalue weighted by Crippen LogP contribution is 2.16. The predicted molar refractivity (Wildman–Crippen MR) is 103 cm³/mol. The molecule has 0 atom stereocenters. The second-order valence-corrected chi connectivity index (χ2v) is 7.63. The van der Waals surface area contributed by atoms with Gasteiger partial charge in [0.1, 0.15) is 18.0 Å². The number of pyridine rings is 1. The summed E-state index contributed by atoms with van der Waals surface area (Å²) in [5.41, 5.74) is 1.68. The molecule has 0 bridgehead atoms. The lowest BCUT2D eigenvalue weighted by molar-refractivity contribution is 0.110. The van der Waals surface area contributed by atoms with Crippen LogP contribution in [0.5, 0.6) is 5.75 Å². The number of nitrogens with one attached hydrogen (secondary N) is 1. The maximum atomic E-state index is 12.4. The first kappa shape index (κ1) is 19.3. The van der Waals surface area contributed by atoms with E-state index < -0.39 is 10.0 Å². The first-order valence-corrected chi connectivity index (χ1v) is 10.3. The number of aromatic nitrogens is 2. The monoisotopic (exact) mass is 389 g/mol. The highest BCUT2D eigenvalue weighted by atomic mass is 32.2. The number of rotatable bonds is 10. The van der Waals surface area contributed by atoms with E-state index in [2.05, 4.69) is 9.71 Å². The quantitative estimate of drug-likeness (QED) is 0.538. The Kier molecular flexibility index (Phi) is 6.44. The van der Waals surface area contributed by atoms with Gasteiger partial charge in [0.15, 0.2) is 0 Å². The molecule has 27 heavy (non-hydrogen) atoms. The first-order chi connectivity index (χ1) is 13.1. The molecule has 0 amide bonds. The molecule has 8 heteroatoms. The number of hydrogen-bond acceptors (Lipinski definition) is 5. The van der Waals surface area contributed by atoms with Crippen molar-refractivity contribution >= 4 is 15.7 Å². The third-order valence-corrected chi connectivity index (χ3v) is 5.40. The number of nitrogens with zero attached hydrogens (tertiary/aromatic N) is 2. The van der Waals surface area contributed by atoms with Crippen LogP contribution in [0.4, 0.5) is 0 Å². The van der Waals surface area contributed by atoms with Gasteiger partial charge in [0, 0.05) is 32.0 Å². The van der Waals surface area contributed by atoms with Crippen LogP contribution >= 0.6 is 0 Å². The van der Waals surface area contributed by atoms with Crippen LogP contribution in [0.1, 0.15) is 12.6 Å². The molecule has 3 aromatic rings. The summed E-state index contributed by atoms with van der Waals surface area (Å²) in [5.74, 6) is 0.610. The van der Waals surface area contributed by atoms with Gasteiger partial charge in [-0.2, -0.15) is 0 Å². The van der Waals surface area contributed by atoms with Crippen molar-refractivity contribution in [3.05, 3.63) is 60.6 Å². The second kappa shape index (κ2) is 8.98. The lowest BCUT2D eigenvalue weighted by Crippen LogP contribution is -2.26. The maximum Gasteiger partial charge on any atom is 0.240 e. The molecule has 0 radical (unpaired) electrons. The van der Waals surface area contributed by atoms with E-state index in [9.17, 15) is 8.42 Å². The fourth-order valence-electron chi connectivity index (χ4n) is 2.58. The largest absolute Gasteiger partial charge is 0.491 e. The third kappa shape index (κ3) is 5.29. The maximum absolute atomic E-state index is 12.4. The summed E-state index contributed by atoms with van der Waals surface area (Å²) < 4.78 is 40.0. The van der Waals surface area contributed by atoms with Crippen molar-refractivity contribution in [2.75, 3.05) is 26.4 Å². The van der Waals surface area contributed by atoms with Gasteiger partial charge in [0.25, 0.3) is 0 Å². The van der Waals surface area contributed by atoms with Crippen molar-refractivity contribution in [1.29, 1.82) is 0 Å². The van der Waals surface area contributed by atoms with Crippen LogP contribution < -0.4 is 9.46 Å². The van der Waals surface area contributed by atoms with Crippen molar-refractivity contribution in [1.82, 2.24) is 14.1 Å². The molecule has 3 rings (SSSR count). The molecule has 0 fully saturated rings. The van der Waals surface area contributed by atoms with E-state index in [0.717, 1.165) is 11.3 Å². The number of ether oxygens (including phenoxy) is 2. The van der Waals surface area contributed by atoms with Crippen LogP contribution in [0.3, 0.4) is 0 Å². The summed E-state index contributed by atoms with van der Waals surface area (Å²) in [6, 6.07) is 12.1. The minimum Gasteiger partial charge on any atom is -0.491 e. The number of sulfonamides is 1. The molecule has 2 aromatic heterocycles. The summed E-state index contributed by atoms with van der Waals surface area (Å²) in [5, 5.41) is 0. The van der Waals surface area contributed by atoms with Gasteiger partial charge in [-0.1, -0.05) is 6.07 Å². The summed E-state index contributed by atoms with van der Waals surface area (Å²) >= 11 is 0. The number of hydrogen-bond donors (Lipinski definition) is 1. The van der Waals surface area contributed by atoms with Crippen LogP contribution in [0.15, 0.2) is 59.8 Å². The molecule has 0 spiro atoms. The average Bonchev–Trinajstić information content (AvgIpc) is 3.08. The topological polar surface area (TPSA) is 81.9 Å². The van der Waals surface area contributed by atoms with Crippen molar-refractivity contribution in [3.63, 3.8) is 0 Å². The normalized spacial score (nSPS) is 11.7. The van der Waals surface area contributed by atoms with Crippen molar-refractivity contribution in [2.45, 2.75) is 18.2 Å². The Bertz CT molecular complexity index is 935. The fraction of sp³-hybridized carbons (Fsp3) is 0.316. The first-order valence-electron chi connectivity index (χ1n) is 8.81. The van der Waals surface area contributed by atoms with Crippen molar-refractivity contribution in [2.24, 2.45) is 0 Å². The molecule has 0 unspecified atom stereocenters. The second-order valence-electron chi connectivity index (χ2n) is 5.86. The molecule has 144 valence electrons. The van der Waals surface area contributed by atoms with Crippen LogP contribution in [0.25, 0.3) is 5.65 Å². The predicted octanol–water partition coefficient (Wildman–Crippen LogP) is 2.27. The zero-order valence-corrected chi connectivity index (χ0v) is 16.0. The number of benzene rings is 1. The molecule has 1 N–H and O–H groups in total. The summed E-state index contributed by atoms with van der Waals surface area (Å²) in [6.45, 7) is 3.76. The van der Waals surface area contributed by atoms with Crippen LogP contribution in [0, 0.1) is 0 Å². The van der Waals surface area contributed by atoms with E-state index in [1.165, 1.54) is 12.1 Å². The van der Waals surface area contributed by atoms with Gasteiger partial charge in [0.05, 0.1) is 17.2 Å². The van der Waals surface area contributed by atoms with Crippen LogP contribution in [0.2, 0.25) is 0 Å². The summed E-state index contributed by atoms with van der Waals surface area (Å²) in [7, 11) is -3.57. The van der Waals surface area contributed by atoms with Crippen LogP contribution in [-0.4, -0.2) is 44.2 Å². The van der Waals surface area contributed by atoms with Gasteiger partial charge in [-0.25, -0.2) is 18.1 Å². The van der Waals surface area contributed by atoms with Gasteiger partial charge >= 0.3 is 0 Å². The van der Waals surface area contributed by atoms with Gasteiger partial charge in [-0.3, -0.25) is 0 Å². The zero-order chi connectivity index (χ0) is 19.1. The molecule has 0 aliphatic carbocycles. The average molecular weight is 389 g/mol. The molecular formula is C19H23N3O4S. The Labute approximate surface area is 159 Å². The zero-order valence-electron chi connectivity index (χ0n) is 15.2. The minimum atomic E-state index is -3.57. The minimum absolute atomic E-state index is 0.203. The molecule has 0 saturated carbocycles. The summed E-state index contributed by atoms with van der Waals surface area (Å²) in [4.78, 5) is 4.66. The Balaban J connectivity index is 1.53. The molecule has 2 heterocycles. The van der Waals surface area contributed by atoms with E-state index in [1.54, 1.807) is 12.1 Å². The van der Waals surface area contributed by atoms with Gasteiger partial charge in [0.2, 0.25) is 10.0 Å². The highest BCUT2D eigenvalue weighted by Gasteiger charge is 2.14. The van der Waals surface area contributed by atoms with E-state index in [4.69, 9.17) is 9.47 Å². The van der Waals surface area contributed by atoms with Gasteiger partial charge in [-0.05, 0) is 43.3 Å². The van der Waals surface area contributed by atoms with Gasteiger partial charge < -0.3 is 13.9 Å². The van der Waals surface area contributed by atoms with Crippen molar-refractivity contribution < 1.29 is 17.9 Å². The van der Waals surface area contributed by atoms with E-state index >= 15 is 0 Å². The van der Waals surface area contributed by atoms with E-state index in [-0.39, 0.29) is 11.4 Å². The Morgan fingerprint density at radius 1 is 1.11 bits per heavy atom. The number of fused-ring (bicyclic) bond motifs is 1. The Morgan fingerprint density at radius 3 is 2.67 bits per heavy atom. The lowest BCUT2D eigenvalue weighted by atomic mass is 10.3. The fourth-order valence-corrected chi connectivity index (χ4v) is 3.61. The van der Waals surface area contributed by atoms with Crippen LogP contribution in [-0.2, 0) is 21.2 Å². The molecule has 0 aliphatic heterocycles.